The van der Waals surface area contributed by atoms with Crippen LogP contribution in [-0.4, -0.2) is 22.5 Å². The number of benzene rings is 1. The van der Waals surface area contributed by atoms with Crippen LogP contribution in [0, 0.1) is 0 Å². The molecule has 1 heterocycles. The van der Waals surface area contributed by atoms with Crippen molar-refractivity contribution in [1.82, 2.24) is 5.32 Å². The Kier molecular flexibility index (Phi) is 5.39. The number of hydrogen-bond donors (Lipinski definition) is 2. The third-order valence-corrected chi connectivity index (χ3v) is 4.48. The summed E-state index contributed by atoms with van der Waals surface area (Å²) in [5.74, 6) is -0.920. The normalized spacial score (nSPS) is 13.1. The van der Waals surface area contributed by atoms with Crippen LogP contribution in [0.4, 0.5) is 0 Å². The number of ether oxygens (including phenoxy) is 1. The van der Waals surface area contributed by atoms with E-state index in [9.17, 15) is 14.7 Å². The number of amides is 1. The number of rotatable bonds is 7. The van der Waals surface area contributed by atoms with Crippen molar-refractivity contribution in [1.29, 1.82) is 0 Å². The Morgan fingerprint density at radius 2 is 2.09 bits per heavy atom. The summed E-state index contributed by atoms with van der Waals surface area (Å²) in [4.78, 5) is 24.6. The Labute approximate surface area is 138 Å². The van der Waals surface area contributed by atoms with Crippen LogP contribution in [0.2, 0.25) is 0 Å². The van der Waals surface area contributed by atoms with Crippen molar-refractivity contribution in [3.63, 3.8) is 0 Å². The zero-order valence-electron chi connectivity index (χ0n) is 13.0. The van der Waals surface area contributed by atoms with Gasteiger partial charge >= 0.3 is 5.97 Å². The van der Waals surface area contributed by atoms with Crippen molar-refractivity contribution < 1.29 is 19.4 Å². The van der Waals surface area contributed by atoms with Gasteiger partial charge in [0.05, 0.1) is 0 Å². The predicted molar refractivity (Wildman–Crippen MR) is 88.9 cm³/mol. The molecule has 1 aromatic heterocycles. The second kappa shape index (κ2) is 7.28. The minimum Gasteiger partial charge on any atom is -0.488 e. The lowest BCUT2D eigenvalue weighted by atomic mass is 9.98. The fraction of sp³-hybridized carbons (Fsp3) is 0.294. The number of aliphatic carboxylic acids is 1. The summed E-state index contributed by atoms with van der Waals surface area (Å²) < 4.78 is 5.66. The molecule has 122 valence electrons. The number of thiophene rings is 1. The number of carbonyl (C=O) groups excluding carboxylic acids is 1. The first-order chi connectivity index (χ1) is 10.9. The van der Waals surface area contributed by atoms with Gasteiger partial charge in [0.15, 0.2) is 0 Å². The smallest absolute Gasteiger partial charge is 0.329 e. The molecule has 5 nitrogen and oxygen atoms in total. The van der Waals surface area contributed by atoms with E-state index in [1.165, 1.54) is 6.92 Å². The Balaban J connectivity index is 2.06. The molecule has 1 amide bonds. The molecule has 0 radical (unpaired) electrons. The Morgan fingerprint density at radius 1 is 1.30 bits per heavy atom. The van der Waals surface area contributed by atoms with Crippen LogP contribution in [0.15, 0.2) is 41.8 Å². The van der Waals surface area contributed by atoms with E-state index in [0.717, 1.165) is 4.88 Å². The molecule has 1 atom stereocenters. The molecular formula is C17H19NO4S. The van der Waals surface area contributed by atoms with E-state index < -0.39 is 17.4 Å². The maximum Gasteiger partial charge on any atom is 0.329 e. The fourth-order valence-corrected chi connectivity index (χ4v) is 2.51. The minimum absolute atomic E-state index is 0.294. The zero-order valence-corrected chi connectivity index (χ0v) is 13.9. The van der Waals surface area contributed by atoms with Crippen LogP contribution < -0.4 is 10.1 Å². The summed E-state index contributed by atoms with van der Waals surface area (Å²) in [6.07, 6.45) is 0.294. The first-order valence-corrected chi connectivity index (χ1v) is 8.14. The largest absolute Gasteiger partial charge is 0.488 e. The van der Waals surface area contributed by atoms with E-state index in [4.69, 9.17) is 4.74 Å². The second-order valence-corrected chi connectivity index (χ2v) is 6.37. The second-order valence-electron chi connectivity index (χ2n) is 5.34. The molecule has 0 bridgehead atoms. The van der Waals surface area contributed by atoms with Gasteiger partial charge in [-0.1, -0.05) is 19.1 Å². The lowest BCUT2D eigenvalue weighted by Gasteiger charge is -2.24. The molecule has 6 heteroatoms. The van der Waals surface area contributed by atoms with Gasteiger partial charge in [0.25, 0.3) is 5.91 Å². The van der Waals surface area contributed by atoms with Gasteiger partial charge < -0.3 is 15.2 Å². The van der Waals surface area contributed by atoms with Crippen molar-refractivity contribution in [2.75, 3.05) is 0 Å². The number of nitrogens with one attached hydrogen (secondary N) is 1. The highest BCUT2D eigenvalue weighted by Crippen LogP contribution is 2.18. The first kappa shape index (κ1) is 17.0. The zero-order chi connectivity index (χ0) is 16.9. The lowest BCUT2D eigenvalue weighted by Crippen LogP contribution is -2.51. The SMILES string of the molecule is CCC(C)(NC(=O)c1cccc(OCc2cccs2)c1)C(=O)O. The molecule has 2 rings (SSSR count). The average molecular weight is 333 g/mol. The Hall–Kier alpha value is -2.34. The lowest BCUT2D eigenvalue weighted by molar-refractivity contribution is -0.143. The Bertz CT molecular complexity index is 684. The molecule has 2 aromatic rings. The first-order valence-electron chi connectivity index (χ1n) is 7.26. The summed E-state index contributed by atoms with van der Waals surface area (Å²) >= 11 is 1.60. The third kappa shape index (κ3) is 4.32. The maximum absolute atomic E-state index is 12.3. The van der Waals surface area contributed by atoms with Gasteiger partial charge in [-0.2, -0.15) is 0 Å². The molecule has 1 aromatic carbocycles. The van der Waals surface area contributed by atoms with Gasteiger partial charge in [-0.15, -0.1) is 11.3 Å². The molecule has 2 N–H and O–H groups in total. The molecular weight excluding hydrogens is 314 g/mol. The highest BCUT2D eigenvalue weighted by Gasteiger charge is 2.33. The van der Waals surface area contributed by atoms with Crippen LogP contribution in [0.5, 0.6) is 5.75 Å². The summed E-state index contributed by atoms with van der Waals surface area (Å²) in [5.41, 5.74) is -0.917. The van der Waals surface area contributed by atoms with Gasteiger partial charge in [-0.3, -0.25) is 4.79 Å². The fourth-order valence-electron chi connectivity index (χ4n) is 1.89. The molecule has 0 spiro atoms. The molecule has 0 saturated carbocycles. The quantitative estimate of drug-likeness (QED) is 0.815. The Morgan fingerprint density at radius 3 is 2.70 bits per heavy atom. The topological polar surface area (TPSA) is 75.6 Å². The summed E-state index contributed by atoms with van der Waals surface area (Å²) in [7, 11) is 0. The number of carboxylic acid groups (broad SMARTS) is 1. The van der Waals surface area contributed by atoms with Crippen molar-refractivity contribution in [2.24, 2.45) is 0 Å². The van der Waals surface area contributed by atoms with Crippen molar-refractivity contribution in [3.8, 4) is 5.75 Å². The molecule has 23 heavy (non-hydrogen) atoms. The number of carbonyl (C=O) groups is 2. The van der Waals surface area contributed by atoms with Crippen LogP contribution in [0.1, 0.15) is 35.5 Å². The van der Waals surface area contributed by atoms with Crippen LogP contribution in [-0.2, 0) is 11.4 Å². The van der Waals surface area contributed by atoms with E-state index in [1.807, 2.05) is 17.5 Å². The van der Waals surface area contributed by atoms with E-state index in [-0.39, 0.29) is 0 Å². The van der Waals surface area contributed by atoms with Gasteiger partial charge in [0.2, 0.25) is 0 Å². The van der Waals surface area contributed by atoms with Gasteiger partial charge in [0.1, 0.15) is 17.9 Å². The standard InChI is InChI=1S/C17H19NO4S/c1-3-17(2,16(20)21)18-15(19)12-6-4-7-13(10-12)22-11-14-8-5-9-23-14/h4-10H,3,11H2,1-2H3,(H,18,19)(H,20,21). The third-order valence-electron chi connectivity index (χ3n) is 3.63. The molecule has 0 fully saturated rings. The predicted octanol–water partition coefficient (Wildman–Crippen LogP) is 3.31. The highest BCUT2D eigenvalue weighted by molar-refractivity contribution is 7.09. The van der Waals surface area contributed by atoms with Crippen molar-refractivity contribution >= 4 is 23.2 Å². The molecule has 0 aliphatic carbocycles. The highest BCUT2D eigenvalue weighted by atomic mass is 32.1. The van der Waals surface area contributed by atoms with Crippen molar-refractivity contribution in [3.05, 3.63) is 52.2 Å². The van der Waals surface area contributed by atoms with Crippen LogP contribution in [0.25, 0.3) is 0 Å². The van der Waals surface area contributed by atoms with Gasteiger partial charge in [-0.25, -0.2) is 4.79 Å². The molecule has 0 aliphatic rings. The van der Waals surface area contributed by atoms with Crippen LogP contribution >= 0.6 is 11.3 Å². The monoisotopic (exact) mass is 333 g/mol. The number of carboxylic acids is 1. The molecule has 1 unspecified atom stereocenters. The van der Waals surface area contributed by atoms with E-state index in [2.05, 4.69) is 5.32 Å². The van der Waals surface area contributed by atoms with Gasteiger partial charge in [-0.05, 0) is 43.0 Å². The van der Waals surface area contributed by atoms with Crippen molar-refractivity contribution in [2.45, 2.75) is 32.4 Å². The van der Waals surface area contributed by atoms with E-state index in [1.54, 1.807) is 42.5 Å². The summed E-state index contributed by atoms with van der Waals surface area (Å²) in [6.45, 7) is 3.64. The van der Waals surface area contributed by atoms with Crippen LogP contribution in [0.3, 0.4) is 0 Å². The minimum atomic E-state index is -1.29. The maximum atomic E-state index is 12.3. The average Bonchev–Trinajstić information content (AvgIpc) is 3.06. The summed E-state index contributed by atoms with van der Waals surface area (Å²) in [6, 6.07) is 10.6. The molecule has 0 aliphatic heterocycles. The van der Waals surface area contributed by atoms with Gasteiger partial charge in [0, 0.05) is 10.4 Å². The molecule has 0 saturated heterocycles. The van der Waals surface area contributed by atoms with E-state index >= 15 is 0 Å². The van der Waals surface area contributed by atoms with E-state index in [0.29, 0.717) is 24.3 Å². The number of hydrogen-bond acceptors (Lipinski definition) is 4. The summed E-state index contributed by atoms with van der Waals surface area (Å²) in [5, 5.41) is 13.8.